The molecular formula is C17H18N2O. The number of carbonyl (C=O) groups excluding carboxylic acids is 1. The number of carbonyl (C=O) groups is 1. The normalized spacial score (nSPS) is 13.1. The van der Waals surface area contributed by atoms with Crippen LogP contribution in [0.4, 0.5) is 0 Å². The molecule has 0 fully saturated rings. The van der Waals surface area contributed by atoms with Crippen molar-refractivity contribution in [1.29, 1.82) is 0 Å². The summed E-state index contributed by atoms with van der Waals surface area (Å²) in [5, 5.41) is 6.09. The maximum atomic E-state index is 11.9. The molecule has 2 N–H and O–H groups in total. The highest BCUT2D eigenvalue weighted by molar-refractivity contribution is 5.95. The summed E-state index contributed by atoms with van der Waals surface area (Å²) in [6.45, 7) is 1.87. The van der Waals surface area contributed by atoms with Crippen LogP contribution in [0.2, 0.25) is 0 Å². The lowest BCUT2D eigenvalue weighted by molar-refractivity contribution is 0.0962. The molecule has 20 heavy (non-hydrogen) atoms. The van der Waals surface area contributed by atoms with Gasteiger partial charge in [-0.15, -0.1) is 0 Å². The number of benzene rings is 2. The minimum Gasteiger partial charge on any atom is -0.355 e. The van der Waals surface area contributed by atoms with Gasteiger partial charge in [0.1, 0.15) is 0 Å². The fourth-order valence-electron chi connectivity index (χ4n) is 2.80. The lowest BCUT2D eigenvalue weighted by Crippen LogP contribution is -2.19. The van der Waals surface area contributed by atoms with Gasteiger partial charge in [-0.1, -0.05) is 36.4 Å². The molecule has 0 bridgehead atoms. The Hall–Kier alpha value is -2.13. The predicted molar refractivity (Wildman–Crippen MR) is 79.6 cm³/mol. The van der Waals surface area contributed by atoms with E-state index in [9.17, 15) is 4.79 Å². The summed E-state index contributed by atoms with van der Waals surface area (Å²) in [5.74, 6) is -0.0219. The van der Waals surface area contributed by atoms with Gasteiger partial charge in [0, 0.05) is 25.7 Å². The molecular weight excluding hydrogens is 248 g/mol. The number of amides is 1. The first-order valence-corrected chi connectivity index (χ1v) is 6.90. The number of hydrogen-bond acceptors (Lipinski definition) is 2. The van der Waals surface area contributed by atoms with Gasteiger partial charge in [0.15, 0.2) is 0 Å². The van der Waals surface area contributed by atoms with Crippen molar-refractivity contribution in [3.05, 3.63) is 70.3 Å². The second-order valence-corrected chi connectivity index (χ2v) is 5.07. The molecule has 3 rings (SSSR count). The monoisotopic (exact) mass is 266 g/mol. The summed E-state index contributed by atoms with van der Waals surface area (Å²) in [6.07, 6.45) is 0.800. The number of hydrogen-bond donors (Lipinski definition) is 2. The minimum atomic E-state index is -0.0219. The second kappa shape index (κ2) is 5.47. The van der Waals surface area contributed by atoms with Gasteiger partial charge in [-0.05, 0) is 34.7 Å². The fraction of sp³-hybridized carbons (Fsp3) is 0.235. The SMILES string of the molecule is CNC(=O)c1ccccc1Cc1cccc2c1CNC2. The molecule has 0 spiro atoms. The zero-order valence-corrected chi connectivity index (χ0v) is 11.6. The van der Waals surface area contributed by atoms with Crippen molar-refractivity contribution in [1.82, 2.24) is 10.6 Å². The third kappa shape index (κ3) is 2.32. The molecule has 0 radical (unpaired) electrons. The van der Waals surface area contributed by atoms with Crippen LogP contribution in [0.3, 0.4) is 0 Å². The van der Waals surface area contributed by atoms with Crippen molar-refractivity contribution in [3.63, 3.8) is 0 Å². The van der Waals surface area contributed by atoms with Crippen molar-refractivity contribution in [2.75, 3.05) is 7.05 Å². The molecule has 2 aromatic carbocycles. The molecule has 2 aromatic rings. The summed E-state index contributed by atoms with van der Waals surface area (Å²) < 4.78 is 0. The number of fused-ring (bicyclic) bond motifs is 1. The van der Waals surface area contributed by atoms with Crippen LogP contribution in [0, 0.1) is 0 Å². The van der Waals surface area contributed by atoms with E-state index in [0.29, 0.717) is 0 Å². The Morgan fingerprint density at radius 2 is 1.90 bits per heavy atom. The van der Waals surface area contributed by atoms with Crippen LogP contribution in [0.5, 0.6) is 0 Å². The van der Waals surface area contributed by atoms with Gasteiger partial charge in [-0.3, -0.25) is 4.79 Å². The Labute approximate surface area is 119 Å². The van der Waals surface area contributed by atoms with E-state index < -0.39 is 0 Å². The third-order valence-electron chi connectivity index (χ3n) is 3.86. The van der Waals surface area contributed by atoms with Crippen LogP contribution in [0.25, 0.3) is 0 Å². The van der Waals surface area contributed by atoms with Crippen LogP contribution in [0.1, 0.15) is 32.6 Å². The second-order valence-electron chi connectivity index (χ2n) is 5.07. The Morgan fingerprint density at radius 3 is 2.75 bits per heavy atom. The summed E-state index contributed by atoms with van der Waals surface area (Å²) >= 11 is 0. The first-order chi connectivity index (χ1) is 9.79. The largest absolute Gasteiger partial charge is 0.355 e. The zero-order valence-electron chi connectivity index (χ0n) is 11.6. The van der Waals surface area contributed by atoms with Gasteiger partial charge >= 0.3 is 0 Å². The Kier molecular flexibility index (Phi) is 3.52. The van der Waals surface area contributed by atoms with Gasteiger partial charge in [0.25, 0.3) is 5.91 Å². The van der Waals surface area contributed by atoms with Crippen molar-refractivity contribution in [3.8, 4) is 0 Å². The van der Waals surface area contributed by atoms with Crippen molar-refractivity contribution in [2.24, 2.45) is 0 Å². The highest BCUT2D eigenvalue weighted by atomic mass is 16.1. The lowest BCUT2D eigenvalue weighted by atomic mass is 9.94. The molecule has 1 aliphatic rings. The smallest absolute Gasteiger partial charge is 0.251 e. The van der Waals surface area contributed by atoms with Crippen LogP contribution < -0.4 is 10.6 Å². The van der Waals surface area contributed by atoms with E-state index in [2.05, 4.69) is 28.8 Å². The van der Waals surface area contributed by atoms with Gasteiger partial charge in [0.2, 0.25) is 0 Å². The average molecular weight is 266 g/mol. The molecule has 1 heterocycles. The molecule has 0 saturated carbocycles. The van der Waals surface area contributed by atoms with Crippen LogP contribution in [-0.4, -0.2) is 13.0 Å². The highest BCUT2D eigenvalue weighted by Gasteiger charge is 2.16. The minimum absolute atomic E-state index is 0.0219. The van der Waals surface area contributed by atoms with E-state index in [-0.39, 0.29) is 5.91 Å². The molecule has 0 saturated heterocycles. The van der Waals surface area contributed by atoms with Crippen molar-refractivity contribution < 1.29 is 4.79 Å². The molecule has 0 aliphatic carbocycles. The maximum Gasteiger partial charge on any atom is 0.251 e. The maximum absolute atomic E-state index is 11.9. The summed E-state index contributed by atoms with van der Waals surface area (Å²) in [6, 6.07) is 14.2. The highest BCUT2D eigenvalue weighted by Crippen LogP contribution is 2.23. The first-order valence-electron chi connectivity index (χ1n) is 6.90. The van der Waals surface area contributed by atoms with Crippen LogP contribution >= 0.6 is 0 Å². The number of nitrogens with one attached hydrogen (secondary N) is 2. The topological polar surface area (TPSA) is 41.1 Å². The number of rotatable bonds is 3. The first kappa shape index (κ1) is 12.9. The van der Waals surface area contributed by atoms with E-state index >= 15 is 0 Å². The third-order valence-corrected chi connectivity index (χ3v) is 3.86. The van der Waals surface area contributed by atoms with Crippen LogP contribution in [-0.2, 0) is 19.5 Å². The molecule has 1 amide bonds. The van der Waals surface area contributed by atoms with E-state index in [4.69, 9.17) is 0 Å². The van der Waals surface area contributed by atoms with Gasteiger partial charge < -0.3 is 10.6 Å². The predicted octanol–water partition coefficient (Wildman–Crippen LogP) is 2.24. The summed E-state index contributed by atoms with van der Waals surface area (Å²) in [7, 11) is 1.67. The molecule has 102 valence electrons. The summed E-state index contributed by atoms with van der Waals surface area (Å²) in [5.41, 5.74) is 5.91. The molecule has 3 heteroatoms. The van der Waals surface area contributed by atoms with Crippen molar-refractivity contribution >= 4 is 5.91 Å². The molecule has 0 unspecified atom stereocenters. The van der Waals surface area contributed by atoms with Gasteiger partial charge in [0.05, 0.1) is 0 Å². The Balaban J connectivity index is 1.97. The Morgan fingerprint density at radius 1 is 1.10 bits per heavy atom. The van der Waals surface area contributed by atoms with Crippen molar-refractivity contribution in [2.45, 2.75) is 19.5 Å². The molecule has 0 aromatic heterocycles. The molecule has 3 nitrogen and oxygen atoms in total. The van der Waals surface area contributed by atoms with Gasteiger partial charge in [-0.2, -0.15) is 0 Å². The van der Waals surface area contributed by atoms with Crippen LogP contribution in [0.15, 0.2) is 42.5 Å². The summed E-state index contributed by atoms with van der Waals surface area (Å²) in [4.78, 5) is 11.9. The van der Waals surface area contributed by atoms with E-state index in [1.165, 1.54) is 16.7 Å². The molecule has 0 atom stereocenters. The van der Waals surface area contributed by atoms with E-state index in [1.807, 2.05) is 24.3 Å². The average Bonchev–Trinajstić information content (AvgIpc) is 2.96. The molecule has 1 aliphatic heterocycles. The Bertz CT molecular complexity index is 649. The lowest BCUT2D eigenvalue weighted by Gasteiger charge is -2.11. The standard InChI is InChI=1S/C17H18N2O/c1-18-17(20)15-8-3-2-5-12(15)9-13-6-4-7-14-10-19-11-16(13)14/h2-8,19H,9-11H2,1H3,(H,18,20). The van der Waals surface area contributed by atoms with E-state index in [1.54, 1.807) is 7.05 Å². The zero-order chi connectivity index (χ0) is 13.9. The van der Waals surface area contributed by atoms with E-state index in [0.717, 1.165) is 30.6 Å². The fourth-order valence-corrected chi connectivity index (χ4v) is 2.80. The van der Waals surface area contributed by atoms with Gasteiger partial charge in [-0.25, -0.2) is 0 Å². The quantitative estimate of drug-likeness (QED) is 0.894.